The Balaban J connectivity index is 1.59. The molecule has 0 radical (unpaired) electrons. The molecule has 3 rings (SSSR count). The molecule has 130 valence electrons. The molecule has 0 unspecified atom stereocenters. The first-order chi connectivity index (χ1) is 12.0. The number of carbonyl (C=O) groups excluding carboxylic acids is 1. The molecule has 2 aromatic carbocycles. The molecule has 0 aliphatic rings. The van der Waals surface area contributed by atoms with Crippen molar-refractivity contribution >= 4 is 16.9 Å². The third-order valence-electron chi connectivity index (χ3n) is 4.48. The summed E-state index contributed by atoms with van der Waals surface area (Å²) < 4.78 is 11.3. The smallest absolute Gasteiger partial charge is 0.226 e. The van der Waals surface area contributed by atoms with Crippen LogP contribution in [0.15, 0.2) is 53.1 Å². The van der Waals surface area contributed by atoms with Crippen LogP contribution in [0.3, 0.4) is 0 Å². The van der Waals surface area contributed by atoms with E-state index in [9.17, 15) is 4.79 Å². The monoisotopic (exact) mass is 337 g/mol. The molecule has 4 heteroatoms. The normalized spacial score (nSPS) is 10.8. The molecule has 0 saturated carbocycles. The van der Waals surface area contributed by atoms with Gasteiger partial charge in [-0.15, -0.1) is 0 Å². The van der Waals surface area contributed by atoms with E-state index in [1.54, 1.807) is 18.2 Å². The van der Waals surface area contributed by atoms with Gasteiger partial charge >= 0.3 is 0 Å². The highest BCUT2D eigenvalue weighted by Crippen LogP contribution is 2.25. The van der Waals surface area contributed by atoms with Gasteiger partial charge in [-0.1, -0.05) is 18.2 Å². The number of nitrogens with zero attached hydrogens (tertiary/aromatic N) is 1. The minimum Gasteiger partial charge on any atom is -0.492 e. The number of furan rings is 1. The number of amides is 1. The van der Waals surface area contributed by atoms with Crippen molar-refractivity contribution in [2.24, 2.45) is 0 Å². The third-order valence-corrected chi connectivity index (χ3v) is 4.48. The number of hydrogen-bond donors (Lipinski definition) is 0. The number of benzene rings is 2. The van der Waals surface area contributed by atoms with Gasteiger partial charge in [0.05, 0.1) is 19.2 Å². The number of fused-ring (bicyclic) bond motifs is 1. The zero-order valence-electron chi connectivity index (χ0n) is 14.9. The van der Waals surface area contributed by atoms with E-state index >= 15 is 0 Å². The first-order valence-electron chi connectivity index (χ1n) is 8.43. The average Bonchev–Trinajstić information content (AvgIpc) is 2.98. The van der Waals surface area contributed by atoms with E-state index in [-0.39, 0.29) is 5.91 Å². The second-order valence-electron chi connectivity index (χ2n) is 6.35. The van der Waals surface area contributed by atoms with Gasteiger partial charge in [0, 0.05) is 18.0 Å². The minimum absolute atomic E-state index is 0.0533. The van der Waals surface area contributed by atoms with Crippen LogP contribution in [-0.4, -0.2) is 31.0 Å². The van der Waals surface area contributed by atoms with Gasteiger partial charge in [-0.3, -0.25) is 4.79 Å². The Morgan fingerprint density at radius 1 is 1.12 bits per heavy atom. The van der Waals surface area contributed by atoms with Crippen LogP contribution >= 0.6 is 0 Å². The fraction of sp³-hybridized carbons (Fsp3) is 0.286. The Hall–Kier alpha value is -2.75. The van der Waals surface area contributed by atoms with Crippen molar-refractivity contribution in [2.45, 2.75) is 20.3 Å². The first kappa shape index (κ1) is 17.1. The predicted molar refractivity (Wildman–Crippen MR) is 99.0 cm³/mol. The summed E-state index contributed by atoms with van der Waals surface area (Å²) in [5, 5.41) is 1.02. The van der Waals surface area contributed by atoms with Crippen molar-refractivity contribution in [3.63, 3.8) is 0 Å². The van der Waals surface area contributed by atoms with Crippen molar-refractivity contribution in [1.82, 2.24) is 4.90 Å². The van der Waals surface area contributed by atoms with Crippen molar-refractivity contribution in [3.05, 3.63) is 65.4 Å². The Morgan fingerprint density at radius 3 is 2.60 bits per heavy atom. The van der Waals surface area contributed by atoms with E-state index in [0.717, 1.165) is 22.3 Å². The van der Waals surface area contributed by atoms with Crippen LogP contribution in [0.5, 0.6) is 5.75 Å². The molecular formula is C21H23NO3. The summed E-state index contributed by atoms with van der Waals surface area (Å²) in [7, 11) is 1.80. The highest BCUT2D eigenvalue weighted by atomic mass is 16.5. The lowest BCUT2D eigenvalue weighted by Crippen LogP contribution is -2.32. The topological polar surface area (TPSA) is 42.7 Å². The van der Waals surface area contributed by atoms with E-state index < -0.39 is 0 Å². The fourth-order valence-electron chi connectivity index (χ4n) is 2.71. The van der Waals surface area contributed by atoms with Crippen LogP contribution in [-0.2, 0) is 11.2 Å². The van der Waals surface area contributed by atoms with Gasteiger partial charge in [-0.25, -0.2) is 0 Å². The van der Waals surface area contributed by atoms with Crippen LogP contribution in [0.4, 0.5) is 0 Å². The van der Waals surface area contributed by atoms with Gasteiger partial charge in [-0.05, 0) is 49.2 Å². The van der Waals surface area contributed by atoms with Crippen LogP contribution in [0, 0.1) is 13.8 Å². The van der Waals surface area contributed by atoms with E-state index in [1.165, 1.54) is 11.1 Å². The summed E-state index contributed by atoms with van der Waals surface area (Å²) in [5.41, 5.74) is 4.15. The minimum atomic E-state index is 0.0533. The molecule has 1 aromatic heterocycles. The lowest BCUT2D eigenvalue weighted by atomic mass is 10.0. The molecule has 0 aliphatic carbocycles. The fourth-order valence-corrected chi connectivity index (χ4v) is 2.71. The number of aryl methyl sites for hydroxylation is 2. The lowest BCUT2D eigenvalue weighted by Gasteiger charge is -2.17. The average molecular weight is 337 g/mol. The zero-order chi connectivity index (χ0) is 17.8. The standard InChI is InChI=1S/C21H23NO3/c1-15-11-19-17(14-25-20(19)12-16(15)2)13-21(23)22(3)9-10-24-18-7-5-4-6-8-18/h4-8,11-12,14H,9-10,13H2,1-3H3. The molecule has 0 atom stereocenters. The van der Waals surface area contributed by atoms with Crippen LogP contribution < -0.4 is 4.74 Å². The molecule has 0 aliphatic heterocycles. The summed E-state index contributed by atoms with van der Waals surface area (Å²) in [6, 6.07) is 13.7. The Kier molecular flexibility index (Phi) is 5.08. The van der Waals surface area contributed by atoms with Gasteiger partial charge in [-0.2, -0.15) is 0 Å². The second-order valence-corrected chi connectivity index (χ2v) is 6.35. The van der Waals surface area contributed by atoms with Gasteiger partial charge in [0.1, 0.15) is 17.9 Å². The summed E-state index contributed by atoms with van der Waals surface area (Å²) >= 11 is 0. The largest absolute Gasteiger partial charge is 0.492 e. The Labute approximate surface area is 148 Å². The number of likely N-dealkylation sites (N-methyl/N-ethyl adjacent to an activating group) is 1. The number of ether oxygens (including phenoxy) is 1. The third kappa shape index (κ3) is 4.02. The first-order valence-corrected chi connectivity index (χ1v) is 8.43. The van der Waals surface area contributed by atoms with Crippen molar-refractivity contribution in [3.8, 4) is 5.75 Å². The van der Waals surface area contributed by atoms with Crippen LogP contribution in [0.1, 0.15) is 16.7 Å². The SMILES string of the molecule is Cc1cc2occ(CC(=O)N(C)CCOc3ccccc3)c2cc1C. The maximum absolute atomic E-state index is 12.5. The van der Waals surface area contributed by atoms with Crippen LogP contribution in [0.25, 0.3) is 11.0 Å². The summed E-state index contributed by atoms with van der Waals surface area (Å²) in [6.07, 6.45) is 2.02. The second kappa shape index (κ2) is 7.43. The molecule has 3 aromatic rings. The number of hydrogen-bond acceptors (Lipinski definition) is 3. The molecule has 0 fully saturated rings. The van der Waals surface area contributed by atoms with Gasteiger partial charge < -0.3 is 14.1 Å². The zero-order valence-corrected chi connectivity index (χ0v) is 14.9. The molecule has 0 spiro atoms. The maximum atomic E-state index is 12.5. The van der Waals surface area contributed by atoms with Gasteiger partial charge in [0.15, 0.2) is 0 Å². The molecule has 0 bridgehead atoms. The summed E-state index contributed by atoms with van der Waals surface area (Å²) in [6.45, 7) is 5.14. The van der Waals surface area contributed by atoms with Gasteiger partial charge in [0.2, 0.25) is 5.91 Å². The molecule has 1 heterocycles. The highest BCUT2D eigenvalue weighted by Gasteiger charge is 2.14. The Morgan fingerprint density at radius 2 is 1.84 bits per heavy atom. The van der Waals surface area contributed by atoms with Crippen molar-refractivity contribution in [2.75, 3.05) is 20.2 Å². The molecule has 0 N–H and O–H groups in total. The van der Waals surface area contributed by atoms with Crippen molar-refractivity contribution in [1.29, 1.82) is 0 Å². The predicted octanol–water partition coefficient (Wildman–Crippen LogP) is 4.13. The molecule has 25 heavy (non-hydrogen) atoms. The molecule has 1 amide bonds. The Bertz CT molecular complexity index is 867. The number of carbonyl (C=O) groups is 1. The van der Waals surface area contributed by atoms with E-state index in [4.69, 9.17) is 9.15 Å². The van der Waals surface area contributed by atoms with E-state index in [1.807, 2.05) is 36.4 Å². The number of rotatable bonds is 6. The molecule has 4 nitrogen and oxygen atoms in total. The lowest BCUT2D eigenvalue weighted by molar-refractivity contribution is -0.129. The van der Waals surface area contributed by atoms with Gasteiger partial charge in [0.25, 0.3) is 0 Å². The highest BCUT2D eigenvalue weighted by molar-refractivity contribution is 5.88. The summed E-state index contributed by atoms with van der Waals surface area (Å²) in [4.78, 5) is 14.2. The van der Waals surface area contributed by atoms with E-state index in [2.05, 4.69) is 19.9 Å². The molecular weight excluding hydrogens is 314 g/mol. The van der Waals surface area contributed by atoms with Crippen molar-refractivity contribution < 1.29 is 13.9 Å². The number of para-hydroxylation sites is 1. The molecule has 0 saturated heterocycles. The van der Waals surface area contributed by atoms with E-state index in [0.29, 0.717) is 19.6 Å². The summed E-state index contributed by atoms with van der Waals surface area (Å²) in [5.74, 6) is 0.868. The quantitative estimate of drug-likeness (QED) is 0.679. The van der Waals surface area contributed by atoms with Crippen LogP contribution in [0.2, 0.25) is 0 Å². The maximum Gasteiger partial charge on any atom is 0.226 e.